The highest BCUT2D eigenvalue weighted by molar-refractivity contribution is 8.01. The van der Waals surface area contributed by atoms with Gasteiger partial charge in [0.25, 0.3) is 0 Å². The van der Waals surface area contributed by atoms with Crippen LogP contribution in [0.15, 0.2) is 29.6 Å². The van der Waals surface area contributed by atoms with Gasteiger partial charge in [-0.3, -0.25) is 4.79 Å². The van der Waals surface area contributed by atoms with E-state index in [0.29, 0.717) is 5.78 Å². The van der Waals surface area contributed by atoms with Gasteiger partial charge in [0, 0.05) is 10.3 Å². The Balaban J connectivity index is 2.09. The van der Waals surface area contributed by atoms with Gasteiger partial charge >= 0.3 is 0 Å². The molecule has 3 heteroatoms. The van der Waals surface area contributed by atoms with E-state index in [4.69, 9.17) is 0 Å². The molecule has 0 bridgehead atoms. The number of carbonyl (C=O) groups excluding carboxylic acids is 1. The van der Waals surface area contributed by atoms with E-state index in [1.807, 2.05) is 23.9 Å². The average Bonchev–Trinajstić information content (AvgIpc) is 2.96. The van der Waals surface area contributed by atoms with Gasteiger partial charge in [0.15, 0.2) is 5.78 Å². The Hall–Kier alpha value is -0.800. The number of fused-ring (bicyclic) bond motifs is 1. The van der Waals surface area contributed by atoms with E-state index < -0.39 is 0 Å². The maximum Gasteiger partial charge on any atom is 0.180 e. The van der Waals surface area contributed by atoms with Gasteiger partial charge in [-0.1, -0.05) is 12.1 Å². The number of rotatable bonds is 2. The lowest BCUT2D eigenvalue weighted by molar-refractivity contribution is 0.0951. The minimum absolute atomic E-state index is 0.196. The van der Waals surface area contributed by atoms with E-state index in [-0.39, 0.29) is 4.75 Å². The molecule has 1 nitrogen and oxygen atoms in total. The summed E-state index contributed by atoms with van der Waals surface area (Å²) in [4.78, 5) is 12.7. The molecule has 0 radical (unpaired) electrons. The Kier molecular flexibility index (Phi) is 2.75. The third kappa shape index (κ3) is 1.81. The third-order valence-corrected chi connectivity index (χ3v) is 5.91. The van der Waals surface area contributed by atoms with Gasteiger partial charge in [-0.25, -0.2) is 0 Å². The first-order valence-electron chi connectivity index (χ1n) is 5.86. The van der Waals surface area contributed by atoms with E-state index in [1.54, 1.807) is 11.3 Å². The number of thioether (sulfide) groups is 1. The fraction of sp³-hybridized carbons (Fsp3) is 0.357. The maximum atomic E-state index is 12.7. The lowest BCUT2D eigenvalue weighted by Crippen LogP contribution is -2.28. The topological polar surface area (TPSA) is 17.1 Å². The van der Waals surface area contributed by atoms with Gasteiger partial charge in [-0.05, 0) is 48.4 Å². The van der Waals surface area contributed by atoms with Crippen LogP contribution in [0, 0.1) is 0 Å². The monoisotopic (exact) mass is 262 g/mol. The summed E-state index contributed by atoms with van der Waals surface area (Å²) in [6, 6.07) is 8.13. The van der Waals surface area contributed by atoms with Crippen LogP contribution >= 0.6 is 23.1 Å². The van der Waals surface area contributed by atoms with Crippen molar-refractivity contribution in [1.29, 1.82) is 0 Å². The first-order chi connectivity index (χ1) is 8.21. The van der Waals surface area contributed by atoms with Crippen LogP contribution in [-0.2, 0) is 0 Å². The fourth-order valence-electron chi connectivity index (χ4n) is 2.41. The summed E-state index contributed by atoms with van der Waals surface area (Å²) >= 11 is 3.48. The predicted octanol–water partition coefficient (Wildman–Crippen LogP) is 4.37. The summed E-state index contributed by atoms with van der Waals surface area (Å²) < 4.78 is 0.948. The molecule has 0 spiro atoms. The van der Waals surface area contributed by atoms with E-state index in [2.05, 4.69) is 24.4 Å². The molecule has 0 N–H and O–H groups in total. The molecular formula is C14H14OS2. The number of Topliss-reactive ketones (excluding diaryl/α,β-unsaturated/α-hetero) is 1. The van der Waals surface area contributed by atoms with Crippen molar-refractivity contribution < 1.29 is 4.79 Å². The molecular weight excluding hydrogens is 248 g/mol. The van der Waals surface area contributed by atoms with Gasteiger partial charge < -0.3 is 0 Å². The van der Waals surface area contributed by atoms with Crippen molar-refractivity contribution >= 4 is 39.0 Å². The number of hydrogen-bond acceptors (Lipinski definition) is 3. The number of carbonyl (C=O) groups is 1. The zero-order chi connectivity index (χ0) is 11.9. The van der Waals surface area contributed by atoms with Gasteiger partial charge in [0.05, 0.1) is 4.75 Å². The quantitative estimate of drug-likeness (QED) is 0.748. The molecule has 88 valence electrons. The molecule has 17 heavy (non-hydrogen) atoms. The standard InChI is InChI=1S/C14H14OS2/c1-14(7-3-8-17-14)13(15)11-5-2-4-10-6-9-16-12(10)11/h2,4-6,9H,3,7-8H2,1H3. The van der Waals surface area contributed by atoms with E-state index in [1.165, 1.54) is 5.39 Å². The van der Waals surface area contributed by atoms with E-state index >= 15 is 0 Å². The van der Waals surface area contributed by atoms with E-state index in [0.717, 1.165) is 28.9 Å². The smallest absolute Gasteiger partial charge is 0.180 e. The minimum Gasteiger partial charge on any atom is -0.293 e. The Morgan fingerprint density at radius 2 is 2.24 bits per heavy atom. The largest absolute Gasteiger partial charge is 0.293 e. The molecule has 0 saturated carbocycles. The number of benzene rings is 1. The maximum absolute atomic E-state index is 12.7. The summed E-state index contributed by atoms with van der Waals surface area (Å²) in [5.41, 5.74) is 0.911. The molecule has 0 amide bonds. The lowest BCUT2D eigenvalue weighted by atomic mass is 9.94. The van der Waals surface area contributed by atoms with Crippen molar-refractivity contribution in [3.05, 3.63) is 35.2 Å². The highest BCUT2D eigenvalue weighted by Gasteiger charge is 2.38. The molecule has 0 aliphatic carbocycles. The number of ketones is 1. The summed E-state index contributed by atoms with van der Waals surface area (Å²) in [5.74, 6) is 1.43. The molecule has 1 saturated heterocycles. The van der Waals surface area contributed by atoms with Crippen LogP contribution in [0.1, 0.15) is 30.1 Å². The first kappa shape index (κ1) is 11.3. The Labute approximate surface area is 109 Å². The van der Waals surface area contributed by atoms with Crippen LogP contribution in [0.3, 0.4) is 0 Å². The van der Waals surface area contributed by atoms with Crippen LogP contribution in [-0.4, -0.2) is 16.3 Å². The van der Waals surface area contributed by atoms with Crippen molar-refractivity contribution in [2.75, 3.05) is 5.75 Å². The molecule has 1 unspecified atom stereocenters. The van der Waals surface area contributed by atoms with Gasteiger partial charge in [-0.2, -0.15) is 0 Å². The SMILES string of the molecule is CC1(C(=O)c2cccc3ccsc23)CCCS1. The zero-order valence-electron chi connectivity index (χ0n) is 9.73. The van der Waals surface area contributed by atoms with Crippen molar-refractivity contribution in [1.82, 2.24) is 0 Å². The van der Waals surface area contributed by atoms with Crippen molar-refractivity contribution in [2.24, 2.45) is 0 Å². The summed E-state index contributed by atoms with van der Waals surface area (Å²) in [7, 11) is 0. The van der Waals surface area contributed by atoms with Crippen LogP contribution in [0.4, 0.5) is 0 Å². The second-order valence-corrected chi connectivity index (χ2v) is 7.17. The molecule has 2 aromatic rings. The summed E-state index contributed by atoms with van der Waals surface area (Å²) in [6.07, 6.45) is 2.17. The van der Waals surface area contributed by atoms with Crippen LogP contribution in [0.25, 0.3) is 10.1 Å². The lowest BCUT2D eigenvalue weighted by Gasteiger charge is -2.21. The van der Waals surface area contributed by atoms with E-state index in [9.17, 15) is 4.79 Å². The molecule has 1 aromatic heterocycles. The van der Waals surface area contributed by atoms with Crippen LogP contribution in [0.5, 0.6) is 0 Å². The number of thiophene rings is 1. The summed E-state index contributed by atoms with van der Waals surface area (Å²) in [6.45, 7) is 2.10. The van der Waals surface area contributed by atoms with Gasteiger partial charge in [0.2, 0.25) is 0 Å². The molecule has 1 aliphatic rings. The molecule has 3 rings (SSSR count). The predicted molar refractivity (Wildman–Crippen MR) is 76.3 cm³/mol. The first-order valence-corrected chi connectivity index (χ1v) is 7.72. The average molecular weight is 262 g/mol. The molecule has 1 aromatic carbocycles. The van der Waals surface area contributed by atoms with Gasteiger partial charge in [-0.15, -0.1) is 23.1 Å². The van der Waals surface area contributed by atoms with Crippen molar-refractivity contribution in [2.45, 2.75) is 24.5 Å². The molecule has 1 atom stereocenters. The van der Waals surface area contributed by atoms with Crippen LogP contribution in [0.2, 0.25) is 0 Å². The van der Waals surface area contributed by atoms with Crippen LogP contribution < -0.4 is 0 Å². The summed E-state index contributed by atoms with van der Waals surface area (Å²) in [5, 5.41) is 3.25. The highest BCUT2D eigenvalue weighted by Crippen LogP contribution is 2.41. The molecule has 2 heterocycles. The zero-order valence-corrected chi connectivity index (χ0v) is 11.4. The second kappa shape index (κ2) is 4.14. The molecule has 1 aliphatic heterocycles. The minimum atomic E-state index is -0.196. The molecule has 1 fully saturated rings. The van der Waals surface area contributed by atoms with Gasteiger partial charge in [0.1, 0.15) is 0 Å². The van der Waals surface area contributed by atoms with Crippen molar-refractivity contribution in [3.8, 4) is 0 Å². The fourth-order valence-corrected chi connectivity index (χ4v) is 4.59. The Morgan fingerprint density at radius 1 is 1.35 bits per heavy atom. The third-order valence-electron chi connectivity index (χ3n) is 3.42. The Morgan fingerprint density at radius 3 is 3.00 bits per heavy atom. The second-order valence-electron chi connectivity index (χ2n) is 4.66. The normalized spacial score (nSPS) is 24.3. The van der Waals surface area contributed by atoms with Crippen molar-refractivity contribution in [3.63, 3.8) is 0 Å². The Bertz CT molecular complexity index is 564. The number of hydrogen-bond donors (Lipinski definition) is 0. The highest BCUT2D eigenvalue weighted by atomic mass is 32.2.